The van der Waals surface area contributed by atoms with E-state index in [-0.39, 0.29) is 0 Å². The van der Waals surface area contributed by atoms with E-state index in [9.17, 15) is 9.90 Å². The Balaban J connectivity index is 1.92. The molecule has 2 saturated heterocycles. The summed E-state index contributed by atoms with van der Waals surface area (Å²) in [5.74, 6) is 0.668. The summed E-state index contributed by atoms with van der Waals surface area (Å²) in [7, 11) is 0. The van der Waals surface area contributed by atoms with Gasteiger partial charge in [-0.25, -0.2) is 0 Å². The highest BCUT2D eigenvalue weighted by Crippen LogP contribution is 2.36. The molecule has 0 aromatic heterocycles. The van der Waals surface area contributed by atoms with Gasteiger partial charge in [0.1, 0.15) is 0 Å². The lowest BCUT2D eigenvalue weighted by atomic mass is 9.80. The predicted molar refractivity (Wildman–Crippen MR) is 71.5 cm³/mol. The first kappa shape index (κ1) is 13.2. The van der Waals surface area contributed by atoms with Crippen molar-refractivity contribution in [1.82, 2.24) is 4.90 Å². The van der Waals surface area contributed by atoms with Crippen LogP contribution in [0.25, 0.3) is 0 Å². The molecule has 4 heteroatoms. The molecule has 0 spiro atoms. The van der Waals surface area contributed by atoms with Crippen LogP contribution in [-0.4, -0.2) is 46.1 Å². The van der Waals surface area contributed by atoms with Crippen molar-refractivity contribution in [2.24, 2.45) is 5.41 Å². The fourth-order valence-corrected chi connectivity index (χ4v) is 4.19. The summed E-state index contributed by atoms with van der Waals surface area (Å²) in [4.78, 5) is 13.7. The van der Waals surface area contributed by atoms with Crippen LogP contribution in [0.15, 0.2) is 0 Å². The van der Waals surface area contributed by atoms with E-state index < -0.39 is 11.4 Å². The standard InChI is InChI=1S/C13H23NO2S/c1-10-11(4-3-9-17-10)14-7-5-13(2,6-8-14)12(15)16/h10-11H,3-9H2,1-2H3,(H,15,16). The fourth-order valence-electron chi connectivity index (χ4n) is 2.95. The zero-order chi connectivity index (χ0) is 12.5. The van der Waals surface area contributed by atoms with Crippen LogP contribution in [0.5, 0.6) is 0 Å². The van der Waals surface area contributed by atoms with Crippen LogP contribution in [0.1, 0.15) is 39.5 Å². The predicted octanol–water partition coefficient (Wildman–Crippen LogP) is 2.46. The molecule has 0 amide bonds. The SMILES string of the molecule is CC1SCCCC1N1CCC(C)(C(=O)O)CC1. The van der Waals surface area contributed by atoms with E-state index in [0.29, 0.717) is 11.3 Å². The molecule has 0 bridgehead atoms. The smallest absolute Gasteiger partial charge is 0.309 e. The summed E-state index contributed by atoms with van der Waals surface area (Å²) in [6, 6.07) is 0.673. The van der Waals surface area contributed by atoms with E-state index in [2.05, 4.69) is 23.6 Å². The van der Waals surface area contributed by atoms with Gasteiger partial charge in [-0.1, -0.05) is 6.92 Å². The number of hydrogen-bond donors (Lipinski definition) is 1. The van der Waals surface area contributed by atoms with Crippen LogP contribution < -0.4 is 0 Å². The average Bonchev–Trinajstić information content (AvgIpc) is 2.31. The molecule has 2 heterocycles. The molecule has 2 fully saturated rings. The second-order valence-electron chi connectivity index (χ2n) is 5.69. The van der Waals surface area contributed by atoms with Crippen molar-refractivity contribution < 1.29 is 9.90 Å². The van der Waals surface area contributed by atoms with E-state index in [4.69, 9.17) is 0 Å². The molecule has 0 aromatic carbocycles. The van der Waals surface area contributed by atoms with Gasteiger partial charge in [0, 0.05) is 11.3 Å². The molecule has 98 valence electrons. The van der Waals surface area contributed by atoms with Crippen molar-refractivity contribution in [3.05, 3.63) is 0 Å². The van der Waals surface area contributed by atoms with E-state index in [1.807, 2.05) is 6.92 Å². The van der Waals surface area contributed by atoms with E-state index in [1.54, 1.807) is 0 Å². The number of piperidine rings is 1. The lowest BCUT2D eigenvalue weighted by Crippen LogP contribution is -2.50. The third-order valence-corrected chi connectivity index (χ3v) is 5.82. The van der Waals surface area contributed by atoms with Crippen LogP contribution in [0.4, 0.5) is 0 Å². The molecule has 1 N–H and O–H groups in total. The molecular formula is C13H23NO2S. The molecule has 0 aromatic rings. The molecule has 17 heavy (non-hydrogen) atoms. The van der Waals surface area contributed by atoms with Gasteiger partial charge < -0.3 is 5.11 Å². The van der Waals surface area contributed by atoms with E-state index in [1.165, 1.54) is 18.6 Å². The van der Waals surface area contributed by atoms with Crippen molar-refractivity contribution in [2.45, 2.75) is 50.8 Å². The summed E-state index contributed by atoms with van der Waals surface area (Å²) in [6.07, 6.45) is 4.21. The Morgan fingerprint density at radius 1 is 1.41 bits per heavy atom. The van der Waals surface area contributed by atoms with Crippen LogP contribution >= 0.6 is 11.8 Å². The molecule has 0 saturated carbocycles. The lowest BCUT2D eigenvalue weighted by Gasteiger charge is -2.44. The number of carbonyl (C=O) groups is 1. The summed E-state index contributed by atoms with van der Waals surface area (Å²) >= 11 is 2.07. The maximum atomic E-state index is 11.2. The second-order valence-corrected chi connectivity index (χ2v) is 7.17. The quantitative estimate of drug-likeness (QED) is 0.825. The minimum Gasteiger partial charge on any atom is -0.481 e. The molecule has 2 aliphatic heterocycles. The van der Waals surface area contributed by atoms with Crippen molar-refractivity contribution in [3.63, 3.8) is 0 Å². The number of carboxylic acid groups (broad SMARTS) is 1. The third-order valence-electron chi connectivity index (χ3n) is 4.45. The van der Waals surface area contributed by atoms with Gasteiger partial charge in [0.15, 0.2) is 0 Å². The van der Waals surface area contributed by atoms with E-state index in [0.717, 1.165) is 25.9 Å². The molecular weight excluding hydrogens is 234 g/mol. The van der Waals surface area contributed by atoms with Crippen LogP contribution in [-0.2, 0) is 4.79 Å². The fraction of sp³-hybridized carbons (Fsp3) is 0.923. The number of hydrogen-bond acceptors (Lipinski definition) is 3. The summed E-state index contributed by atoms with van der Waals surface area (Å²) in [5, 5.41) is 9.93. The first-order valence-electron chi connectivity index (χ1n) is 6.62. The summed E-state index contributed by atoms with van der Waals surface area (Å²) < 4.78 is 0. The van der Waals surface area contributed by atoms with Crippen LogP contribution in [0, 0.1) is 5.41 Å². The molecule has 2 atom stereocenters. The zero-order valence-corrected chi connectivity index (χ0v) is 11.6. The third kappa shape index (κ3) is 2.79. The topological polar surface area (TPSA) is 40.5 Å². The van der Waals surface area contributed by atoms with Gasteiger partial charge in [0.25, 0.3) is 0 Å². The Kier molecular flexibility index (Phi) is 4.03. The molecule has 2 unspecified atom stereocenters. The maximum absolute atomic E-state index is 11.2. The minimum absolute atomic E-state index is 0.485. The highest BCUT2D eigenvalue weighted by Gasteiger charge is 2.39. The Labute approximate surface area is 108 Å². The summed E-state index contributed by atoms with van der Waals surface area (Å²) in [5.41, 5.74) is -0.485. The summed E-state index contributed by atoms with van der Waals surface area (Å²) in [6.45, 7) is 6.13. The van der Waals surface area contributed by atoms with Gasteiger partial charge in [0.2, 0.25) is 0 Å². The molecule has 0 radical (unpaired) electrons. The molecule has 2 rings (SSSR count). The minimum atomic E-state index is -0.622. The van der Waals surface area contributed by atoms with E-state index >= 15 is 0 Å². The van der Waals surface area contributed by atoms with Gasteiger partial charge in [-0.05, 0) is 51.4 Å². The van der Waals surface area contributed by atoms with Crippen molar-refractivity contribution in [3.8, 4) is 0 Å². The maximum Gasteiger partial charge on any atom is 0.309 e. The number of likely N-dealkylation sites (tertiary alicyclic amines) is 1. The number of aliphatic carboxylic acids is 1. The highest BCUT2D eigenvalue weighted by atomic mass is 32.2. The molecule has 3 nitrogen and oxygen atoms in total. The Morgan fingerprint density at radius 2 is 2.06 bits per heavy atom. The zero-order valence-electron chi connectivity index (χ0n) is 10.8. The number of rotatable bonds is 2. The first-order chi connectivity index (χ1) is 8.03. The Hall–Kier alpha value is -0.220. The molecule has 2 aliphatic rings. The number of nitrogens with zero attached hydrogens (tertiary/aromatic N) is 1. The van der Waals surface area contributed by atoms with Gasteiger partial charge in [-0.15, -0.1) is 0 Å². The van der Waals surface area contributed by atoms with Crippen LogP contribution in [0.3, 0.4) is 0 Å². The van der Waals surface area contributed by atoms with Gasteiger partial charge in [0.05, 0.1) is 5.41 Å². The average molecular weight is 257 g/mol. The van der Waals surface area contributed by atoms with Crippen molar-refractivity contribution >= 4 is 17.7 Å². The lowest BCUT2D eigenvalue weighted by molar-refractivity contribution is -0.151. The first-order valence-corrected chi connectivity index (χ1v) is 7.67. The Bertz CT molecular complexity index is 287. The van der Waals surface area contributed by atoms with Crippen molar-refractivity contribution in [1.29, 1.82) is 0 Å². The van der Waals surface area contributed by atoms with Gasteiger partial charge in [-0.2, -0.15) is 11.8 Å². The van der Waals surface area contributed by atoms with Gasteiger partial charge in [-0.3, -0.25) is 9.69 Å². The van der Waals surface area contributed by atoms with Crippen LogP contribution in [0.2, 0.25) is 0 Å². The number of thioether (sulfide) groups is 1. The monoisotopic (exact) mass is 257 g/mol. The highest BCUT2D eigenvalue weighted by molar-refractivity contribution is 7.99. The Morgan fingerprint density at radius 3 is 2.59 bits per heavy atom. The molecule has 0 aliphatic carbocycles. The second kappa shape index (κ2) is 5.19. The van der Waals surface area contributed by atoms with Crippen molar-refractivity contribution in [2.75, 3.05) is 18.8 Å². The normalized spacial score (nSPS) is 34.5. The largest absolute Gasteiger partial charge is 0.481 e. The van der Waals surface area contributed by atoms with Gasteiger partial charge >= 0.3 is 5.97 Å². The number of carboxylic acids is 1.